The van der Waals surface area contributed by atoms with Crippen LogP contribution in [0.3, 0.4) is 0 Å². The number of hydrogen-bond donors (Lipinski definition) is 1. The maximum absolute atomic E-state index is 10.9. The number of hydrogen-bond acceptors (Lipinski definition) is 5. The summed E-state index contributed by atoms with van der Waals surface area (Å²) in [5.41, 5.74) is 5.83. The third-order valence-corrected chi connectivity index (χ3v) is 2.33. The number of nitro benzene ring substituents is 1. The predicted molar refractivity (Wildman–Crippen MR) is 72.2 cm³/mol. The van der Waals surface area contributed by atoms with Crippen LogP contribution in [0.1, 0.15) is 26.3 Å². The maximum atomic E-state index is 10.9. The normalized spacial score (nSPS) is 11.4. The SMILES string of the molecule is CC(C)(C)OCCOc1ccc(CN)cc1[N+](=O)[O-]. The lowest BCUT2D eigenvalue weighted by Gasteiger charge is -2.19. The standard InChI is InChI=1S/C13H20N2O4/c1-13(2,3)19-7-6-18-12-5-4-10(9-14)8-11(12)15(16)17/h4-5,8H,6-7,9,14H2,1-3H3. The average Bonchev–Trinajstić information content (AvgIpc) is 2.33. The first-order valence-corrected chi connectivity index (χ1v) is 6.07. The Bertz CT molecular complexity index is 441. The van der Waals surface area contributed by atoms with Crippen molar-refractivity contribution in [3.05, 3.63) is 33.9 Å². The second kappa shape index (κ2) is 6.49. The summed E-state index contributed by atoms with van der Waals surface area (Å²) in [6.45, 7) is 6.70. The van der Waals surface area contributed by atoms with Crippen LogP contribution >= 0.6 is 0 Å². The highest BCUT2D eigenvalue weighted by atomic mass is 16.6. The Balaban J connectivity index is 2.65. The van der Waals surface area contributed by atoms with Gasteiger partial charge in [0.2, 0.25) is 0 Å². The van der Waals surface area contributed by atoms with Gasteiger partial charge in [0.25, 0.3) is 0 Å². The lowest BCUT2D eigenvalue weighted by atomic mass is 10.2. The van der Waals surface area contributed by atoms with E-state index < -0.39 is 4.92 Å². The third-order valence-electron chi connectivity index (χ3n) is 2.33. The summed E-state index contributed by atoms with van der Waals surface area (Å²) in [5, 5.41) is 10.9. The lowest BCUT2D eigenvalue weighted by molar-refractivity contribution is -0.386. The molecule has 0 saturated heterocycles. The number of nitro groups is 1. The van der Waals surface area contributed by atoms with Gasteiger partial charge in [0, 0.05) is 12.6 Å². The minimum absolute atomic E-state index is 0.0706. The van der Waals surface area contributed by atoms with Crippen LogP contribution in [0.15, 0.2) is 18.2 Å². The molecule has 0 atom stereocenters. The smallest absolute Gasteiger partial charge is 0.311 e. The quantitative estimate of drug-likeness (QED) is 0.485. The molecule has 0 saturated carbocycles. The van der Waals surface area contributed by atoms with Crippen LogP contribution in [0.25, 0.3) is 0 Å². The minimum atomic E-state index is -0.473. The molecular formula is C13H20N2O4. The predicted octanol–water partition coefficient (Wildman–Crippen LogP) is 2.25. The van der Waals surface area contributed by atoms with E-state index in [0.29, 0.717) is 12.2 Å². The van der Waals surface area contributed by atoms with Crippen LogP contribution in [-0.2, 0) is 11.3 Å². The van der Waals surface area contributed by atoms with Crippen LogP contribution in [-0.4, -0.2) is 23.7 Å². The molecule has 2 N–H and O–H groups in total. The van der Waals surface area contributed by atoms with Gasteiger partial charge in [0.1, 0.15) is 6.61 Å². The fourth-order valence-corrected chi connectivity index (χ4v) is 1.45. The molecule has 0 radical (unpaired) electrons. The third kappa shape index (κ3) is 5.23. The zero-order valence-electron chi connectivity index (χ0n) is 11.5. The summed E-state index contributed by atoms with van der Waals surface area (Å²) < 4.78 is 10.9. The van der Waals surface area contributed by atoms with Gasteiger partial charge in [-0.3, -0.25) is 10.1 Å². The molecule has 0 aliphatic heterocycles. The molecule has 19 heavy (non-hydrogen) atoms. The Kier molecular flexibility index (Phi) is 5.26. The van der Waals surface area contributed by atoms with Gasteiger partial charge in [-0.2, -0.15) is 0 Å². The number of nitrogens with zero attached hydrogens (tertiary/aromatic N) is 1. The van der Waals surface area contributed by atoms with Crippen molar-refractivity contribution in [2.45, 2.75) is 32.9 Å². The Hall–Kier alpha value is -1.66. The monoisotopic (exact) mass is 268 g/mol. The summed E-state index contributed by atoms with van der Waals surface area (Å²) in [6, 6.07) is 4.71. The Labute approximate surface area is 112 Å². The number of benzene rings is 1. The molecule has 1 aromatic rings. The molecule has 6 heteroatoms. The van der Waals surface area contributed by atoms with Gasteiger partial charge in [-0.05, 0) is 32.4 Å². The molecular weight excluding hydrogens is 248 g/mol. The van der Waals surface area contributed by atoms with E-state index in [0.717, 1.165) is 0 Å². The van der Waals surface area contributed by atoms with E-state index in [1.165, 1.54) is 6.07 Å². The van der Waals surface area contributed by atoms with Crippen molar-refractivity contribution < 1.29 is 14.4 Å². The van der Waals surface area contributed by atoms with E-state index in [4.69, 9.17) is 15.2 Å². The molecule has 0 heterocycles. The van der Waals surface area contributed by atoms with Crippen LogP contribution in [0.5, 0.6) is 5.75 Å². The van der Waals surface area contributed by atoms with Gasteiger partial charge in [0.05, 0.1) is 17.1 Å². The highest BCUT2D eigenvalue weighted by Crippen LogP contribution is 2.27. The van der Waals surface area contributed by atoms with Crippen LogP contribution in [0, 0.1) is 10.1 Å². The molecule has 0 aliphatic rings. The second-order valence-electron chi connectivity index (χ2n) is 5.07. The van der Waals surface area contributed by atoms with Crippen molar-refractivity contribution in [2.24, 2.45) is 5.73 Å². The van der Waals surface area contributed by atoms with E-state index in [2.05, 4.69) is 0 Å². The van der Waals surface area contributed by atoms with E-state index in [1.54, 1.807) is 12.1 Å². The summed E-state index contributed by atoms with van der Waals surface area (Å²) in [7, 11) is 0. The highest BCUT2D eigenvalue weighted by Gasteiger charge is 2.16. The summed E-state index contributed by atoms with van der Waals surface area (Å²) in [6.07, 6.45) is 0. The van der Waals surface area contributed by atoms with E-state index in [9.17, 15) is 10.1 Å². The van der Waals surface area contributed by atoms with Crippen LogP contribution in [0.4, 0.5) is 5.69 Å². The van der Waals surface area contributed by atoms with Crippen molar-refractivity contribution >= 4 is 5.69 Å². The summed E-state index contributed by atoms with van der Waals surface area (Å²) in [5.74, 6) is 0.236. The zero-order chi connectivity index (χ0) is 14.5. The van der Waals surface area contributed by atoms with Crippen LogP contribution in [0.2, 0.25) is 0 Å². The van der Waals surface area contributed by atoms with Gasteiger partial charge < -0.3 is 15.2 Å². The molecule has 0 fully saturated rings. The largest absolute Gasteiger partial charge is 0.484 e. The maximum Gasteiger partial charge on any atom is 0.311 e. The zero-order valence-corrected chi connectivity index (χ0v) is 11.5. The topological polar surface area (TPSA) is 87.6 Å². The van der Waals surface area contributed by atoms with E-state index in [-0.39, 0.29) is 30.2 Å². The van der Waals surface area contributed by atoms with E-state index in [1.807, 2.05) is 20.8 Å². The summed E-state index contributed by atoms with van der Waals surface area (Å²) in [4.78, 5) is 10.5. The molecule has 1 aromatic carbocycles. The van der Waals surface area contributed by atoms with Crippen molar-refractivity contribution in [3.63, 3.8) is 0 Å². The first kappa shape index (κ1) is 15.4. The van der Waals surface area contributed by atoms with Gasteiger partial charge in [-0.1, -0.05) is 6.07 Å². The van der Waals surface area contributed by atoms with Crippen molar-refractivity contribution in [2.75, 3.05) is 13.2 Å². The van der Waals surface area contributed by atoms with Crippen molar-refractivity contribution in [1.29, 1.82) is 0 Å². The number of ether oxygens (including phenoxy) is 2. The second-order valence-corrected chi connectivity index (χ2v) is 5.07. The first-order chi connectivity index (χ1) is 8.83. The molecule has 6 nitrogen and oxygen atoms in total. The van der Waals surface area contributed by atoms with Gasteiger partial charge in [-0.25, -0.2) is 0 Å². The first-order valence-electron chi connectivity index (χ1n) is 6.07. The Morgan fingerprint density at radius 2 is 2.00 bits per heavy atom. The molecule has 0 bridgehead atoms. The highest BCUT2D eigenvalue weighted by molar-refractivity contribution is 5.48. The summed E-state index contributed by atoms with van der Waals surface area (Å²) >= 11 is 0. The number of rotatable bonds is 6. The van der Waals surface area contributed by atoms with Gasteiger partial charge >= 0.3 is 5.69 Å². The molecule has 0 amide bonds. The van der Waals surface area contributed by atoms with Gasteiger partial charge in [0.15, 0.2) is 5.75 Å². The molecule has 1 rings (SSSR count). The molecule has 106 valence electrons. The molecule has 0 aromatic heterocycles. The molecule has 0 spiro atoms. The van der Waals surface area contributed by atoms with E-state index >= 15 is 0 Å². The Morgan fingerprint density at radius 1 is 1.32 bits per heavy atom. The van der Waals surface area contributed by atoms with Crippen LogP contribution < -0.4 is 10.5 Å². The minimum Gasteiger partial charge on any atom is -0.484 e. The molecule has 0 aliphatic carbocycles. The fraction of sp³-hybridized carbons (Fsp3) is 0.538. The van der Waals surface area contributed by atoms with Gasteiger partial charge in [-0.15, -0.1) is 0 Å². The molecule has 0 unspecified atom stereocenters. The van der Waals surface area contributed by atoms with Crippen molar-refractivity contribution in [1.82, 2.24) is 0 Å². The number of nitrogens with two attached hydrogens (primary N) is 1. The van der Waals surface area contributed by atoms with Crippen molar-refractivity contribution in [3.8, 4) is 5.75 Å². The fourth-order valence-electron chi connectivity index (χ4n) is 1.45. The average molecular weight is 268 g/mol. The Morgan fingerprint density at radius 3 is 2.53 bits per heavy atom. The lowest BCUT2D eigenvalue weighted by Crippen LogP contribution is -2.22.